The summed E-state index contributed by atoms with van der Waals surface area (Å²) in [6, 6.07) is 19.6. The van der Waals surface area contributed by atoms with Gasteiger partial charge in [0.2, 0.25) is 11.8 Å². The number of carbonyl (C=O) groups excluding carboxylic acids is 2. The number of nitrogens with one attached hydrogen (secondary N) is 1. The molecule has 162 valence electrons. The van der Waals surface area contributed by atoms with Crippen LogP contribution in [0.4, 0.5) is 5.69 Å². The fourth-order valence-electron chi connectivity index (χ4n) is 3.87. The normalized spacial score (nSPS) is 13.5. The highest BCUT2D eigenvalue weighted by Crippen LogP contribution is 2.17. The van der Waals surface area contributed by atoms with E-state index in [1.165, 1.54) is 18.4 Å². The first-order valence-corrected chi connectivity index (χ1v) is 11.0. The van der Waals surface area contributed by atoms with Crippen LogP contribution in [0.3, 0.4) is 0 Å². The molecule has 2 amide bonds. The molecule has 0 unspecified atom stereocenters. The maximum Gasteiger partial charge on any atom is 0.227 e. The van der Waals surface area contributed by atoms with E-state index in [4.69, 9.17) is 5.26 Å². The van der Waals surface area contributed by atoms with Crippen molar-refractivity contribution in [3.05, 3.63) is 65.7 Å². The summed E-state index contributed by atoms with van der Waals surface area (Å²) in [5, 5.41) is 11.9. The molecule has 0 spiro atoms. The second-order valence-corrected chi connectivity index (χ2v) is 7.82. The summed E-state index contributed by atoms with van der Waals surface area (Å²) >= 11 is 0. The van der Waals surface area contributed by atoms with E-state index in [2.05, 4.69) is 28.4 Å². The lowest BCUT2D eigenvalue weighted by Gasteiger charge is -2.21. The summed E-state index contributed by atoms with van der Waals surface area (Å²) in [6.07, 6.45) is 2.99. The Morgan fingerprint density at radius 3 is 2.35 bits per heavy atom. The van der Waals surface area contributed by atoms with Gasteiger partial charge in [0.05, 0.1) is 12.5 Å². The van der Waals surface area contributed by atoms with Gasteiger partial charge in [0.15, 0.2) is 0 Å². The minimum atomic E-state index is -0.147. The fraction of sp³-hybridized carbons (Fsp3) is 0.400. The van der Waals surface area contributed by atoms with Crippen LogP contribution in [0.15, 0.2) is 54.6 Å². The van der Waals surface area contributed by atoms with Crippen molar-refractivity contribution in [2.45, 2.75) is 45.2 Å². The molecule has 1 saturated heterocycles. The maximum absolute atomic E-state index is 12.7. The number of para-hydroxylation sites is 1. The molecule has 0 saturated carbocycles. The van der Waals surface area contributed by atoms with Gasteiger partial charge in [-0.05, 0) is 49.2 Å². The molecule has 1 heterocycles. The van der Waals surface area contributed by atoms with E-state index >= 15 is 0 Å². The van der Waals surface area contributed by atoms with Crippen molar-refractivity contribution in [3.63, 3.8) is 0 Å². The zero-order chi connectivity index (χ0) is 21.9. The van der Waals surface area contributed by atoms with Crippen molar-refractivity contribution in [2.75, 3.05) is 24.5 Å². The Hall–Kier alpha value is -3.17. The number of nitrogens with zero attached hydrogens (tertiary/aromatic N) is 3. The van der Waals surface area contributed by atoms with Crippen LogP contribution >= 0.6 is 0 Å². The highest BCUT2D eigenvalue weighted by molar-refractivity contribution is 5.95. The lowest BCUT2D eigenvalue weighted by atomic mass is 10.1. The Bertz CT molecular complexity index is 901. The van der Waals surface area contributed by atoms with Crippen LogP contribution < -0.4 is 10.2 Å². The first-order valence-electron chi connectivity index (χ1n) is 11.0. The summed E-state index contributed by atoms with van der Waals surface area (Å²) in [4.78, 5) is 29.1. The van der Waals surface area contributed by atoms with Crippen molar-refractivity contribution in [3.8, 4) is 6.07 Å². The Morgan fingerprint density at radius 2 is 1.65 bits per heavy atom. The lowest BCUT2D eigenvalue weighted by Crippen LogP contribution is -2.33. The Balaban J connectivity index is 1.50. The molecule has 1 N–H and O–H groups in total. The van der Waals surface area contributed by atoms with Crippen molar-refractivity contribution >= 4 is 17.5 Å². The van der Waals surface area contributed by atoms with E-state index in [0.29, 0.717) is 13.1 Å². The zero-order valence-electron chi connectivity index (χ0n) is 17.9. The van der Waals surface area contributed by atoms with Gasteiger partial charge in [-0.1, -0.05) is 42.5 Å². The van der Waals surface area contributed by atoms with E-state index in [1.54, 1.807) is 4.90 Å². The number of hydrogen-bond donors (Lipinski definition) is 1. The van der Waals surface area contributed by atoms with Crippen LogP contribution in [0.5, 0.6) is 0 Å². The number of likely N-dealkylation sites (tertiary alicyclic amines) is 1. The van der Waals surface area contributed by atoms with E-state index in [1.807, 2.05) is 42.5 Å². The van der Waals surface area contributed by atoms with Gasteiger partial charge in [-0.25, -0.2) is 0 Å². The number of nitriles is 1. The Kier molecular flexibility index (Phi) is 8.62. The van der Waals surface area contributed by atoms with Crippen molar-refractivity contribution in [1.82, 2.24) is 10.2 Å². The highest BCUT2D eigenvalue weighted by Gasteiger charge is 2.17. The zero-order valence-corrected chi connectivity index (χ0v) is 17.9. The minimum absolute atomic E-state index is 0.113. The molecule has 2 aromatic rings. The largest absolute Gasteiger partial charge is 0.352 e. The number of benzene rings is 2. The summed E-state index contributed by atoms with van der Waals surface area (Å²) < 4.78 is 0. The van der Waals surface area contributed by atoms with E-state index in [9.17, 15) is 9.59 Å². The average molecular weight is 419 g/mol. The van der Waals surface area contributed by atoms with Gasteiger partial charge >= 0.3 is 0 Å². The topological polar surface area (TPSA) is 76.4 Å². The van der Waals surface area contributed by atoms with Crippen molar-refractivity contribution in [1.29, 1.82) is 5.26 Å². The quantitative estimate of drug-likeness (QED) is 0.639. The lowest BCUT2D eigenvalue weighted by molar-refractivity contribution is -0.125. The van der Waals surface area contributed by atoms with Crippen LogP contribution in [-0.2, 0) is 22.7 Å². The number of anilines is 1. The van der Waals surface area contributed by atoms with E-state index in [0.717, 1.165) is 30.9 Å². The highest BCUT2D eigenvalue weighted by atomic mass is 16.2. The molecule has 0 aliphatic carbocycles. The Labute approximate surface area is 184 Å². The summed E-state index contributed by atoms with van der Waals surface area (Å²) in [6.45, 7) is 3.97. The van der Waals surface area contributed by atoms with Gasteiger partial charge < -0.3 is 10.2 Å². The monoisotopic (exact) mass is 418 g/mol. The maximum atomic E-state index is 12.7. The van der Waals surface area contributed by atoms with Gasteiger partial charge in [0, 0.05) is 38.2 Å². The average Bonchev–Trinajstić information content (AvgIpc) is 3.31. The smallest absolute Gasteiger partial charge is 0.227 e. The number of rotatable bonds is 10. The summed E-state index contributed by atoms with van der Waals surface area (Å²) in [5.74, 6) is -0.288. The predicted molar refractivity (Wildman–Crippen MR) is 121 cm³/mol. The molecule has 1 aliphatic rings. The third kappa shape index (κ3) is 6.94. The number of hydrogen-bond acceptors (Lipinski definition) is 4. The minimum Gasteiger partial charge on any atom is -0.352 e. The predicted octanol–water partition coefficient (Wildman–Crippen LogP) is 3.63. The van der Waals surface area contributed by atoms with Crippen LogP contribution in [-0.4, -0.2) is 36.3 Å². The van der Waals surface area contributed by atoms with Gasteiger partial charge in [-0.2, -0.15) is 5.26 Å². The van der Waals surface area contributed by atoms with Gasteiger partial charge in [0.1, 0.15) is 0 Å². The fourth-order valence-corrected chi connectivity index (χ4v) is 3.87. The molecule has 0 radical (unpaired) electrons. The number of amides is 2. The molecule has 3 rings (SSSR count). The van der Waals surface area contributed by atoms with E-state index < -0.39 is 0 Å². The third-order valence-electron chi connectivity index (χ3n) is 5.57. The van der Waals surface area contributed by atoms with Crippen LogP contribution in [0.25, 0.3) is 0 Å². The molecule has 31 heavy (non-hydrogen) atoms. The second-order valence-electron chi connectivity index (χ2n) is 7.82. The molecule has 1 aliphatic heterocycles. The Morgan fingerprint density at radius 1 is 0.968 bits per heavy atom. The van der Waals surface area contributed by atoms with E-state index in [-0.39, 0.29) is 31.1 Å². The summed E-state index contributed by atoms with van der Waals surface area (Å²) in [7, 11) is 0. The van der Waals surface area contributed by atoms with Crippen molar-refractivity contribution in [2.24, 2.45) is 0 Å². The molecule has 1 fully saturated rings. The number of carbonyl (C=O) groups is 2. The third-order valence-corrected chi connectivity index (χ3v) is 5.57. The SMILES string of the molecule is N#CCCN(C(=O)CCC(=O)NCc1ccccc1CN1CCCC1)c1ccccc1. The first kappa shape index (κ1) is 22.5. The molecular weight excluding hydrogens is 388 g/mol. The van der Waals surface area contributed by atoms with Crippen LogP contribution in [0, 0.1) is 11.3 Å². The van der Waals surface area contributed by atoms with Crippen LogP contribution in [0.2, 0.25) is 0 Å². The molecule has 6 nitrogen and oxygen atoms in total. The standard InChI is InChI=1S/C25H30N4O2/c26-15-8-18-29(23-11-2-1-3-12-23)25(31)14-13-24(30)27-19-21-9-4-5-10-22(21)20-28-16-6-7-17-28/h1-5,9-12H,6-8,13-14,16-20H2,(H,27,30). The molecular formula is C25H30N4O2. The summed E-state index contributed by atoms with van der Waals surface area (Å²) in [5.41, 5.74) is 3.11. The molecule has 0 aromatic heterocycles. The molecule has 6 heteroatoms. The molecule has 0 atom stereocenters. The second kappa shape index (κ2) is 11.9. The van der Waals surface area contributed by atoms with Gasteiger partial charge in [0.25, 0.3) is 0 Å². The van der Waals surface area contributed by atoms with Gasteiger partial charge in [-0.3, -0.25) is 14.5 Å². The first-order chi connectivity index (χ1) is 15.2. The van der Waals surface area contributed by atoms with Crippen molar-refractivity contribution < 1.29 is 9.59 Å². The molecule has 2 aromatic carbocycles. The van der Waals surface area contributed by atoms with Gasteiger partial charge in [-0.15, -0.1) is 0 Å². The van der Waals surface area contributed by atoms with Crippen LogP contribution in [0.1, 0.15) is 43.2 Å². The molecule has 0 bridgehead atoms.